The summed E-state index contributed by atoms with van der Waals surface area (Å²) in [5, 5.41) is 12.1. The van der Waals surface area contributed by atoms with Gasteiger partial charge in [0.15, 0.2) is 0 Å². The molecular weight excluding hydrogens is 222 g/mol. The van der Waals surface area contributed by atoms with Gasteiger partial charge in [-0.1, -0.05) is 0 Å². The van der Waals surface area contributed by atoms with Gasteiger partial charge in [-0.15, -0.1) is 0 Å². The summed E-state index contributed by atoms with van der Waals surface area (Å²) in [7, 11) is 0. The standard InChI is InChI=1S/C12H21NO4/c14-12(15)11(13-10-1-2-10)4-6-17-8-9-3-5-16-7-9/h9-11,13H,1-8H2,(H,14,15). The predicted molar refractivity (Wildman–Crippen MR) is 61.9 cm³/mol. The number of hydrogen-bond acceptors (Lipinski definition) is 4. The molecule has 0 amide bonds. The summed E-state index contributed by atoms with van der Waals surface area (Å²) in [6, 6.07) is -0.0401. The molecule has 0 radical (unpaired) electrons. The molecule has 2 N–H and O–H groups in total. The van der Waals surface area contributed by atoms with E-state index >= 15 is 0 Å². The number of rotatable bonds is 8. The largest absolute Gasteiger partial charge is 0.480 e. The Morgan fingerprint density at radius 1 is 1.47 bits per heavy atom. The lowest BCUT2D eigenvalue weighted by Crippen LogP contribution is -2.39. The Hall–Kier alpha value is -0.650. The highest BCUT2D eigenvalue weighted by molar-refractivity contribution is 5.73. The number of carboxylic acids is 1. The molecule has 5 heteroatoms. The molecule has 0 aromatic carbocycles. The van der Waals surface area contributed by atoms with Gasteiger partial charge < -0.3 is 19.9 Å². The third-order valence-electron chi connectivity index (χ3n) is 3.24. The first-order valence-corrected chi connectivity index (χ1v) is 6.40. The SMILES string of the molecule is O=C(O)C(CCOCC1CCOC1)NC1CC1. The molecule has 98 valence electrons. The van der Waals surface area contributed by atoms with Crippen LogP contribution in [0.4, 0.5) is 0 Å². The lowest BCUT2D eigenvalue weighted by Gasteiger charge is -2.14. The minimum absolute atomic E-state index is 0.416. The highest BCUT2D eigenvalue weighted by Crippen LogP contribution is 2.20. The van der Waals surface area contributed by atoms with Gasteiger partial charge in [-0.2, -0.15) is 0 Å². The Bertz CT molecular complexity index is 249. The smallest absolute Gasteiger partial charge is 0.320 e. The number of carboxylic acid groups (broad SMARTS) is 1. The first kappa shape index (κ1) is 12.8. The van der Waals surface area contributed by atoms with Gasteiger partial charge in [0, 0.05) is 25.2 Å². The van der Waals surface area contributed by atoms with Crippen molar-refractivity contribution in [1.82, 2.24) is 5.32 Å². The van der Waals surface area contributed by atoms with E-state index in [9.17, 15) is 4.79 Å². The quantitative estimate of drug-likeness (QED) is 0.612. The average Bonchev–Trinajstić information content (AvgIpc) is 2.96. The molecule has 2 rings (SSSR count). The number of aliphatic carboxylic acids is 1. The molecule has 17 heavy (non-hydrogen) atoms. The number of carbonyl (C=O) groups is 1. The normalized spacial score (nSPS) is 26.0. The highest BCUT2D eigenvalue weighted by atomic mass is 16.5. The monoisotopic (exact) mass is 243 g/mol. The molecule has 0 aromatic heterocycles. The molecule has 2 atom stereocenters. The first-order valence-electron chi connectivity index (χ1n) is 6.40. The molecule has 0 bridgehead atoms. The molecular formula is C12H21NO4. The summed E-state index contributed by atoms with van der Waals surface area (Å²) in [4.78, 5) is 11.0. The van der Waals surface area contributed by atoms with Crippen molar-refractivity contribution >= 4 is 5.97 Å². The molecule has 1 saturated carbocycles. The van der Waals surface area contributed by atoms with Crippen LogP contribution in [0.5, 0.6) is 0 Å². The lowest BCUT2D eigenvalue weighted by atomic mass is 10.1. The van der Waals surface area contributed by atoms with Gasteiger partial charge in [0.2, 0.25) is 0 Å². The van der Waals surface area contributed by atoms with Crippen molar-refractivity contribution in [2.75, 3.05) is 26.4 Å². The van der Waals surface area contributed by atoms with Crippen LogP contribution in [0.25, 0.3) is 0 Å². The van der Waals surface area contributed by atoms with Crippen LogP contribution in [0, 0.1) is 5.92 Å². The number of hydrogen-bond donors (Lipinski definition) is 2. The van der Waals surface area contributed by atoms with Gasteiger partial charge in [-0.3, -0.25) is 4.79 Å². The second-order valence-corrected chi connectivity index (χ2v) is 4.92. The Labute approximate surface area is 101 Å². The van der Waals surface area contributed by atoms with E-state index in [1.54, 1.807) is 0 Å². The summed E-state index contributed by atoms with van der Waals surface area (Å²) < 4.78 is 10.8. The molecule has 1 aliphatic heterocycles. The molecule has 2 aliphatic rings. The minimum Gasteiger partial charge on any atom is -0.480 e. The van der Waals surface area contributed by atoms with Crippen molar-refractivity contribution in [2.45, 2.75) is 37.8 Å². The van der Waals surface area contributed by atoms with Crippen LogP contribution in [0.3, 0.4) is 0 Å². The fourth-order valence-electron chi connectivity index (χ4n) is 1.98. The van der Waals surface area contributed by atoms with E-state index in [0.29, 0.717) is 31.6 Å². The third kappa shape index (κ3) is 4.61. The Morgan fingerprint density at radius 3 is 2.88 bits per heavy atom. The molecule has 1 heterocycles. The molecule has 0 spiro atoms. The predicted octanol–water partition coefficient (Wildman–Crippen LogP) is 0.635. The second kappa shape index (κ2) is 6.33. The second-order valence-electron chi connectivity index (χ2n) is 4.92. The maximum atomic E-state index is 11.0. The van der Waals surface area contributed by atoms with Crippen molar-refractivity contribution in [3.8, 4) is 0 Å². The zero-order chi connectivity index (χ0) is 12.1. The van der Waals surface area contributed by atoms with Crippen molar-refractivity contribution in [3.05, 3.63) is 0 Å². The van der Waals surface area contributed by atoms with Crippen LogP contribution >= 0.6 is 0 Å². The summed E-state index contributed by atoms with van der Waals surface area (Å²) in [6.45, 7) is 2.81. The molecule has 5 nitrogen and oxygen atoms in total. The zero-order valence-corrected chi connectivity index (χ0v) is 10.1. The summed E-state index contributed by atoms with van der Waals surface area (Å²) in [6.07, 6.45) is 3.80. The van der Waals surface area contributed by atoms with E-state index < -0.39 is 12.0 Å². The third-order valence-corrected chi connectivity index (χ3v) is 3.24. The van der Waals surface area contributed by atoms with E-state index in [1.807, 2.05) is 0 Å². The van der Waals surface area contributed by atoms with Crippen molar-refractivity contribution in [3.63, 3.8) is 0 Å². The number of nitrogens with one attached hydrogen (secondary N) is 1. The number of ether oxygens (including phenoxy) is 2. The minimum atomic E-state index is -0.773. The van der Waals surface area contributed by atoms with Crippen LogP contribution in [-0.2, 0) is 14.3 Å². The average molecular weight is 243 g/mol. The van der Waals surface area contributed by atoms with E-state index in [4.69, 9.17) is 14.6 Å². The lowest BCUT2D eigenvalue weighted by molar-refractivity contribution is -0.140. The summed E-state index contributed by atoms with van der Waals surface area (Å²) >= 11 is 0. The molecule has 2 unspecified atom stereocenters. The highest BCUT2D eigenvalue weighted by Gasteiger charge is 2.28. The van der Waals surface area contributed by atoms with E-state index in [-0.39, 0.29) is 0 Å². The van der Waals surface area contributed by atoms with Gasteiger partial charge >= 0.3 is 5.97 Å². The van der Waals surface area contributed by atoms with Gasteiger partial charge in [-0.05, 0) is 25.7 Å². The van der Waals surface area contributed by atoms with Crippen molar-refractivity contribution in [2.24, 2.45) is 5.92 Å². The van der Waals surface area contributed by atoms with Crippen molar-refractivity contribution < 1.29 is 19.4 Å². The van der Waals surface area contributed by atoms with Crippen LogP contribution in [0.2, 0.25) is 0 Å². The molecule has 0 aromatic rings. The maximum absolute atomic E-state index is 11.0. The van der Waals surface area contributed by atoms with Crippen LogP contribution in [0.15, 0.2) is 0 Å². The molecule has 1 saturated heterocycles. The van der Waals surface area contributed by atoms with Gasteiger partial charge in [0.05, 0.1) is 13.2 Å². The van der Waals surface area contributed by atoms with Gasteiger partial charge in [0.1, 0.15) is 6.04 Å². The fourth-order valence-corrected chi connectivity index (χ4v) is 1.98. The maximum Gasteiger partial charge on any atom is 0.320 e. The van der Waals surface area contributed by atoms with Gasteiger partial charge in [-0.25, -0.2) is 0 Å². The Morgan fingerprint density at radius 2 is 2.29 bits per heavy atom. The van der Waals surface area contributed by atoms with Gasteiger partial charge in [0.25, 0.3) is 0 Å². The van der Waals surface area contributed by atoms with Crippen LogP contribution < -0.4 is 5.32 Å². The van der Waals surface area contributed by atoms with Crippen LogP contribution in [-0.4, -0.2) is 49.6 Å². The zero-order valence-electron chi connectivity index (χ0n) is 10.1. The Balaban J connectivity index is 1.56. The van der Waals surface area contributed by atoms with E-state index in [1.165, 1.54) is 0 Å². The van der Waals surface area contributed by atoms with Crippen LogP contribution in [0.1, 0.15) is 25.7 Å². The summed E-state index contributed by atoms with van der Waals surface area (Å²) in [5.41, 5.74) is 0. The topological polar surface area (TPSA) is 67.8 Å². The summed E-state index contributed by atoms with van der Waals surface area (Å²) in [5.74, 6) is -0.278. The molecule has 1 aliphatic carbocycles. The Kier molecular flexibility index (Phi) is 4.76. The van der Waals surface area contributed by atoms with Crippen molar-refractivity contribution in [1.29, 1.82) is 0 Å². The van der Waals surface area contributed by atoms with E-state index in [0.717, 1.165) is 32.5 Å². The first-order chi connectivity index (χ1) is 8.25. The molecule has 2 fully saturated rings. The fraction of sp³-hybridized carbons (Fsp3) is 0.917. The van der Waals surface area contributed by atoms with E-state index in [2.05, 4.69) is 5.32 Å².